The second kappa shape index (κ2) is 9.75. The second-order valence-electron chi connectivity index (χ2n) is 7.27. The van der Waals surface area contributed by atoms with E-state index in [1.54, 1.807) is 36.4 Å². The molecule has 1 N–H and O–H groups in total. The highest BCUT2D eigenvalue weighted by atomic mass is 19.1. The summed E-state index contributed by atoms with van der Waals surface area (Å²) in [7, 11) is 1.52. The summed E-state index contributed by atoms with van der Waals surface area (Å²) in [4.78, 5) is 29.3. The number of hydrogen-bond acceptors (Lipinski definition) is 5. The largest absolute Gasteiger partial charge is 0.507 e. The number of carbonyl (C=O) groups excluding carboxylic acids is 2. The van der Waals surface area contributed by atoms with Crippen molar-refractivity contribution in [3.63, 3.8) is 0 Å². The predicted molar refractivity (Wildman–Crippen MR) is 116 cm³/mol. The van der Waals surface area contributed by atoms with Crippen molar-refractivity contribution in [1.29, 1.82) is 0 Å². The van der Waals surface area contributed by atoms with Crippen LogP contribution in [0.15, 0.2) is 54.1 Å². The molecule has 2 aromatic rings. The lowest BCUT2D eigenvalue weighted by molar-refractivity contribution is -0.140. The molecule has 2 aromatic carbocycles. The van der Waals surface area contributed by atoms with E-state index >= 15 is 0 Å². The molecule has 6 nitrogen and oxygen atoms in total. The molecule has 1 aliphatic heterocycles. The van der Waals surface area contributed by atoms with Gasteiger partial charge in [0.25, 0.3) is 11.7 Å². The number of halogens is 1. The van der Waals surface area contributed by atoms with Crippen molar-refractivity contribution >= 4 is 17.4 Å². The summed E-state index contributed by atoms with van der Waals surface area (Å²) < 4.78 is 19.9. The van der Waals surface area contributed by atoms with Crippen LogP contribution in [0.1, 0.15) is 31.0 Å². The number of hydrogen-bond donors (Lipinski definition) is 1. The molecule has 0 aromatic heterocycles. The topological polar surface area (TPSA) is 70.1 Å². The fourth-order valence-electron chi connectivity index (χ4n) is 3.82. The highest BCUT2D eigenvalue weighted by molar-refractivity contribution is 6.46. The Morgan fingerprint density at radius 2 is 1.74 bits per heavy atom. The van der Waals surface area contributed by atoms with E-state index < -0.39 is 23.5 Å². The van der Waals surface area contributed by atoms with Crippen LogP contribution in [-0.4, -0.2) is 59.9 Å². The van der Waals surface area contributed by atoms with Crippen LogP contribution in [0.2, 0.25) is 0 Å². The van der Waals surface area contributed by atoms with E-state index in [1.807, 2.05) is 13.8 Å². The summed E-state index contributed by atoms with van der Waals surface area (Å²) in [6, 6.07) is 11.5. The lowest BCUT2D eigenvalue weighted by atomic mass is 9.95. The van der Waals surface area contributed by atoms with E-state index in [4.69, 9.17) is 4.74 Å². The van der Waals surface area contributed by atoms with Crippen LogP contribution in [0, 0.1) is 5.82 Å². The van der Waals surface area contributed by atoms with Gasteiger partial charge in [0, 0.05) is 24.2 Å². The highest BCUT2D eigenvalue weighted by Crippen LogP contribution is 2.40. The molecule has 7 heteroatoms. The first kappa shape index (κ1) is 22.5. The third kappa shape index (κ3) is 4.46. The normalized spacial score (nSPS) is 18.1. The molecular formula is C24H27FN2O4. The Bertz CT molecular complexity index is 983. The third-order valence-corrected chi connectivity index (χ3v) is 5.65. The molecule has 0 saturated carbocycles. The fourth-order valence-corrected chi connectivity index (χ4v) is 3.82. The van der Waals surface area contributed by atoms with E-state index in [0.29, 0.717) is 17.9 Å². The Morgan fingerprint density at radius 3 is 2.32 bits per heavy atom. The standard InChI is InChI=1S/C24H27FN2O4/c1-4-26(5-2)14-15-27-21(18-8-6-7-9-19(18)25)20(23(29)24(27)30)22(28)16-10-12-17(31-3)13-11-16/h6-13,21,28H,4-5,14-15H2,1-3H3/t21-/m0/s1. The summed E-state index contributed by atoms with van der Waals surface area (Å²) in [5, 5.41) is 11.0. The van der Waals surface area contributed by atoms with Crippen LogP contribution >= 0.6 is 0 Å². The van der Waals surface area contributed by atoms with Crippen LogP contribution in [-0.2, 0) is 9.59 Å². The maximum Gasteiger partial charge on any atom is 0.295 e. The smallest absolute Gasteiger partial charge is 0.295 e. The lowest BCUT2D eigenvalue weighted by Gasteiger charge is -2.28. The molecular weight excluding hydrogens is 399 g/mol. The number of Topliss-reactive ketones (excluding diaryl/α,β-unsaturated/α-hetero) is 1. The minimum atomic E-state index is -1.00. The van der Waals surface area contributed by atoms with Gasteiger partial charge in [-0.2, -0.15) is 0 Å². The first-order valence-corrected chi connectivity index (χ1v) is 10.3. The molecule has 1 saturated heterocycles. The van der Waals surface area contributed by atoms with Crippen LogP contribution in [0.3, 0.4) is 0 Å². The number of likely N-dealkylation sites (tertiary alicyclic amines) is 1. The number of aliphatic hydroxyl groups excluding tert-OH is 1. The van der Waals surface area contributed by atoms with Gasteiger partial charge in [0.2, 0.25) is 0 Å². The summed E-state index contributed by atoms with van der Waals surface area (Å²) in [5.74, 6) is -1.85. The van der Waals surface area contributed by atoms with Gasteiger partial charge in [-0.25, -0.2) is 4.39 Å². The summed E-state index contributed by atoms with van der Waals surface area (Å²) in [5.41, 5.74) is 0.417. The van der Waals surface area contributed by atoms with Crippen molar-refractivity contribution in [3.05, 3.63) is 71.0 Å². The number of ether oxygens (including phenoxy) is 1. The van der Waals surface area contributed by atoms with Crippen molar-refractivity contribution in [2.45, 2.75) is 19.9 Å². The average Bonchev–Trinajstić information content (AvgIpc) is 3.04. The van der Waals surface area contributed by atoms with Crippen molar-refractivity contribution < 1.29 is 23.8 Å². The van der Waals surface area contributed by atoms with Gasteiger partial charge in [-0.1, -0.05) is 32.0 Å². The number of aliphatic hydroxyl groups is 1. The summed E-state index contributed by atoms with van der Waals surface area (Å²) >= 11 is 0. The fraction of sp³-hybridized carbons (Fsp3) is 0.333. The third-order valence-electron chi connectivity index (χ3n) is 5.65. The molecule has 0 bridgehead atoms. The number of methoxy groups -OCH3 is 1. The summed E-state index contributed by atoms with van der Waals surface area (Å²) in [6.45, 7) is 6.37. The summed E-state index contributed by atoms with van der Waals surface area (Å²) in [6.07, 6.45) is 0. The van der Waals surface area contributed by atoms with Gasteiger partial charge < -0.3 is 19.6 Å². The highest BCUT2D eigenvalue weighted by Gasteiger charge is 2.46. The molecule has 31 heavy (non-hydrogen) atoms. The zero-order valence-electron chi connectivity index (χ0n) is 18.0. The van der Waals surface area contributed by atoms with E-state index in [0.717, 1.165) is 13.1 Å². The van der Waals surface area contributed by atoms with Crippen molar-refractivity contribution in [1.82, 2.24) is 9.80 Å². The number of ketones is 1. The van der Waals surface area contributed by atoms with Gasteiger partial charge in [-0.3, -0.25) is 9.59 Å². The van der Waals surface area contributed by atoms with Crippen LogP contribution < -0.4 is 4.74 Å². The Hall–Kier alpha value is -3.19. The maximum atomic E-state index is 14.8. The van der Waals surface area contributed by atoms with Gasteiger partial charge >= 0.3 is 0 Å². The van der Waals surface area contributed by atoms with E-state index in [9.17, 15) is 19.1 Å². The minimum absolute atomic E-state index is 0.111. The molecule has 1 fully saturated rings. The van der Waals surface area contributed by atoms with Crippen molar-refractivity contribution in [3.8, 4) is 5.75 Å². The molecule has 0 spiro atoms. The predicted octanol–water partition coefficient (Wildman–Crippen LogP) is 3.60. The van der Waals surface area contributed by atoms with E-state index in [1.165, 1.54) is 24.1 Å². The second-order valence-corrected chi connectivity index (χ2v) is 7.27. The number of likely N-dealkylation sites (N-methyl/N-ethyl adjacent to an activating group) is 1. The van der Waals surface area contributed by atoms with Crippen molar-refractivity contribution in [2.75, 3.05) is 33.3 Å². The van der Waals surface area contributed by atoms with Gasteiger partial charge in [-0.05, 0) is 43.4 Å². The maximum absolute atomic E-state index is 14.8. The number of rotatable bonds is 8. The van der Waals surface area contributed by atoms with Gasteiger partial charge in [0.1, 0.15) is 17.3 Å². The first-order valence-electron chi connectivity index (χ1n) is 10.3. The number of benzene rings is 2. The average molecular weight is 426 g/mol. The first-order chi connectivity index (χ1) is 14.9. The molecule has 1 aliphatic rings. The molecule has 1 atom stereocenters. The molecule has 3 rings (SSSR count). The number of amides is 1. The monoisotopic (exact) mass is 426 g/mol. The SMILES string of the molecule is CCN(CC)CCN1C(=O)C(=O)C(=C(O)c2ccc(OC)cc2)[C@@H]1c1ccccc1F. The Morgan fingerprint density at radius 1 is 1.10 bits per heavy atom. The van der Waals surface area contributed by atoms with Crippen molar-refractivity contribution in [2.24, 2.45) is 0 Å². The molecule has 0 aliphatic carbocycles. The Balaban J connectivity index is 2.10. The van der Waals surface area contributed by atoms with Crippen LogP contribution in [0.5, 0.6) is 5.75 Å². The van der Waals surface area contributed by atoms with Gasteiger partial charge in [0.15, 0.2) is 0 Å². The Kier molecular flexibility index (Phi) is 7.07. The quantitative estimate of drug-likeness (QED) is 0.397. The van der Waals surface area contributed by atoms with E-state index in [2.05, 4.69) is 4.90 Å². The molecule has 0 unspecified atom stereocenters. The number of nitrogens with zero attached hydrogens (tertiary/aromatic N) is 2. The zero-order valence-corrected chi connectivity index (χ0v) is 18.0. The van der Waals surface area contributed by atoms with Crippen LogP contribution in [0.25, 0.3) is 5.76 Å². The Labute approximate surface area is 181 Å². The van der Waals surface area contributed by atoms with Gasteiger partial charge in [0.05, 0.1) is 18.7 Å². The lowest BCUT2D eigenvalue weighted by Crippen LogP contribution is -2.38. The zero-order chi connectivity index (χ0) is 22.5. The van der Waals surface area contributed by atoms with Gasteiger partial charge in [-0.15, -0.1) is 0 Å². The molecule has 0 radical (unpaired) electrons. The molecule has 1 heterocycles. The minimum Gasteiger partial charge on any atom is -0.507 e. The molecule has 164 valence electrons. The molecule has 1 amide bonds. The van der Waals surface area contributed by atoms with Crippen LogP contribution in [0.4, 0.5) is 4.39 Å². The van der Waals surface area contributed by atoms with E-state index in [-0.39, 0.29) is 23.4 Å². The number of carbonyl (C=O) groups is 2.